The summed E-state index contributed by atoms with van der Waals surface area (Å²) in [5, 5.41) is 5.72. The third-order valence-electron chi connectivity index (χ3n) is 4.22. The van der Waals surface area contributed by atoms with Crippen LogP contribution in [0, 0.1) is 0 Å². The Hall–Kier alpha value is -2.56. The molecule has 3 rings (SSSR count). The molecule has 2 aromatic rings. The normalized spacial score (nSPS) is 14.8. The van der Waals surface area contributed by atoms with E-state index in [0.717, 1.165) is 30.2 Å². The number of hydrogen-bond acceptors (Lipinski definition) is 3. The Morgan fingerprint density at radius 3 is 2.54 bits per heavy atom. The van der Waals surface area contributed by atoms with E-state index >= 15 is 0 Å². The lowest BCUT2D eigenvalue weighted by atomic mass is 10.2. The molecule has 0 bridgehead atoms. The minimum atomic E-state index is -0.200. The van der Waals surface area contributed by atoms with Crippen LogP contribution in [0.2, 0.25) is 0 Å². The van der Waals surface area contributed by atoms with Gasteiger partial charge in [-0.2, -0.15) is 0 Å². The number of benzene rings is 1. The van der Waals surface area contributed by atoms with Crippen molar-refractivity contribution in [3.05, 3.63) is 54.2 Å². The molecule has 1 aromatic carbocycles. The van der Waals surface area contributed by atoms with Crippen LogP contribution in [0.1, 0.15) is 31.2 Å². The smallest absolute Gasteiger partial charge is 0.319 e. The summed E-state index contributed by atoms with van der Waals surface area (Å²) in [6, 6.07) is 13.3. The highest BCUT2D eigenvalue weighted by molar-refractivity contribution is 5.89. The molecule has 2 amide bonds. The van der Waals surface area contributed by atoms with Crippen LogP contribution in [0.15, 0.2) is 48.7 Å². The monoisotopic (exact) mass is 324 g/mol. The molecule has 0 radical (unpaired) electrons. The number of aromatic nitrogens is 1. The fourth-order valence-corrected chi connectivity index (χ4v) is 2.92. The first-order valence-electron chi connectivity index (χ1n) is 8.61. The Bertz CT molecular complexity index is 651. The molecule has 5 heteroatoms. The zero-order chi connectivity index (χ0) is 16.6. The highest BCUT2D eigenvalue weighted by Crippen LogP contribution is 2.18. The lowest BCUT2D eigenvalue weighted by Crippen LogP contribution is -2.28. The fraction of sp³-hybridized carbons (Fsp3) is 0.368. The van der Waals surface area contributed by atoms with Crippen LogP contribution in [0.5, 0.6) is 0 Å². The van der Waals surface area contributed by atoms with Gasteiger partial charge >= 0.3 is 6.03 Å². The van der Waals surface area contributed by atoms with E-state index in [1.54, 1.807) is 0 Å². The lowest BCUT2D eigenvalue weighted by Gasteiger charge is -2.21. The van der Waals surface area contributed by atoms with Crippen molar-refractivity contribution in [1.29, 1.82) is 0 Å². The number of carbonyl (C=O) groups excluding carboxylic acids is 1. The molecule has 0 unspecified atom stereocenters. The molecule has 2 N–H and O–H groups in total. The zero-order valence-electron chi connectivity index (χ0n) is 13.9. The van der Waals surface area contributed by atoms with Gasteiger partial charge in [0.1, 0.15) is 5.82 Å². The van der Waals surface area contributed by atoms with Gasteiger partial charge in [0.05, 0.1) is 0 Å². The maximum Gasteiger partial charge on any atom is 0.319 e. The molecule has 1 fully saturated rings. The summed E-state index contributed by atoms with van der Waals surface area (Å²) < 4.78 is 0. The summed E-state index contributed by atoms with van der Waals surface area (Å²) in [4.78, 5) is 18.8. The molecule has 126 valence electrons. The van der Waals surface area contributed by atoms with Crippen LogP contribution >= 0.6 is 0 Å². The predicted octanol–water partition coefficient (Wildman–Crippen LogP) is 3.78. The van der Waals surface area contributed by atoms with Crippen molar-refractivity contribution in [2.45, 2.75) is 32.2 Å². The number of pyridine rings is 1. The van der Waals surface area contributed by atoms with Crippen molar-refractivity contribution in [2.75, 3.05) is 23.3 Å². The number of amides is 2. The number of para-hydroxylation sites is 1. The third-order valence-corrected chi connectivity index (χ3v) is 4.22. The van der Waals surface area contributed by atoms with Gasteiger partial charge in [-0.3, -0.25) is 0 Å². The molecule has 1 aliphatic rings. The van der Waals surface area contributed by atoms with Crippen molar-refractivity contribution in [1.82, 2.24) is 10.3 Å². The van der Waals surface area contributed by atoms with E-state index in [4.69, 9.17) is 0 Å². The van der Waals surface area contributed by atoms with Crippen molar-refractivity contribution >= 4 is 17.5 Å². The summed E-state index contributed by atoms with van der Waals surface area (Å²) in [6.07, 6.45) is 6.88. The molecule has 24 heavy (non-hydrogen) atoms. The highest BCUT2D eigenvalue weighted by atomic mass is 16.2. The second-order valence-corrected chi connectivity index (χ2v) is 6.10. The Labute approximate surface area is 143 Å². The molecule has 0 atom stereocenters. The van der Waals surface area contributed by atoms with Gasteiger partial charge in [0.15, 0.2) is 0 Å². The minimum absolute atomic E-state index is 0.200. The maximum atomic E-state index is 12.0. The van der Waals surface area contributed by atoms with E-state index < -0.39 is 0 Å². The van der Waals surface area contributed by atoms with Gasteiger partial charge in [-0.25, -0.2) is 9.78 Å². The molecule has 5 nitrogen and oxygen atoms in total. The van der Waals surface area contributed by atoms with Crippen LogP contribution in [-0.2, 0) is 6.54 Å². The first-order chi connectivity index (χ1) is 11.8. The standard InChI is InChI=1S/C19H24N4O/c24-19(22-17-8-4-3-5-9-17)21-15-16-10-11-20-18(14-16)23-12-6-1-2-7-13-23/h3-5,8-11,14H,1-2,6-7,12-13,15H2,(H2,21,22,24). The first-order valence-corrected chi connectivity index (χ1v) is 8.61. The first kappa shape index (κ1) is 16.3. The summed E-state index contributed by atoms with van der Waals surface area (Å²) in [6.45, 7) is 2.62. The number of carbonyl (C=O) groups is 1. The van der Waals surface area contributed by atoms with Crippen LogP contribution in [-0.4, -0.2) is 24.1 Å². The molecular formula is C19H24N4O. The molecule has 1 saturated heterocycles. The maximum absolute atomic E-state index is 12.0. The van der Waals surface area contributed by atoms with Gasteiger partial charge in [0.2, 0.25) is 0 Å². The Morgan fingerprint density at radius 2 is 1.79 bits per heavy atom. The number of rotatable bonds is 4. The van der Waals surface area contributed by atoms with E-state index in [1.165, 1.54) is 25.7 Å². The zero-order valence-corrected chi connectivity index (χ0v) is 13.9. The van der Waals surface area contributed by atoms with Crippen LogP contribution < -0.4 is 15.5 Å². The van der Waals surface area contributed by atoms with E-state index in [0.29, 0.717) is 6.54 Å². The molecule has 2 heterocycles. The lowest BCUT2D eigenvalue weighted by molar-refractivity contribution is 0.251. The number of nitrogens with one attached hydrogen (secondary N) is 2. The Balaban J connectivity index is 1.55. The highest BCUT2D eigenvalue weighted by Gasteiger charge is 2.11. The molecular weight excluding hydrogens is 300 g/mol. The SMILES string of the molecule is O=C(NCc1ccnc(N2CCCCCC2)c1)Nc1ccccc1. The van der Waals surface area contributed by atoms with Crippen LogP contribution in [0.25, 0.3) is 0 Å². The Kier molecular flexibility index (Phi) is 5.66. The molecule has 0 spiro atoms. The molecule has 0 aliphatic carbocycles. The van der Waals surface area contributed by atoms with Crippen LogP contribution in [0.3, 0.4) is 0 Å². The van der Waals surface area contributed by atoms with Crippen molar-refractivity contribution < 1.29 is 4.79 Å². The van der Waals surface area contributed by atoms with Crippen molar-refractivity contribution in [3.8, 4) is 0 Å². The van der Waals surface area contributed by atoms with Crippen molar-refractivity contribution in [3.63, 3.8) is 0 Å². The second-order valence-electron chi connectivity index (χ2n) is 6.10. The minimum Gasteiger partial charge on any atom is -0.357 e. The quantitative estimate of drug-likeness (QED) is 0.900. The van der Waals surface area contributed by atoms with Crippen molar-refractivity contribution in [2.24, 2.45) is 0 Å². The summed E-state index contributed by atoms with van der Waals surface area (Å²) >= 11 is 0. The summed E-state index contributed by atoms with van der Waals surface area (Å²) in [7, 11) is 0. The van der Waals surface area contributed by atoms with Gasteiger partial charge in [0.25, 0.3) is 0 Å². The number of nitrogens with zero attached hydrogens (tertiary/aromatic N) is 2. The molecule has 1 aliphatic heterocycles. The van der Waals surface area contributed by atoms with Gasteiger partial charge in [-0.15, -0.1) is 0 Å². The largest absolute Gasteiger partial charge is 0.357 e. The Morgan fingerprint density at radius 1 is 1.04 bits per heavy atom. The molecule has 0 saturated carbocycles. The topological polar surface area (TPSA) is 57.3 Å². The van der Waals surface area contributed by atoms with E-state index in [-0.39, 0.29) is 6.03 Å². The van der Waals surface area contributed by atoms with E-state index in [1.807, 2.05) is 42.6 Å². The van der Waals surface area contributed by atoms with Gasteiger partial charge < -0.3 is 15.5 Å². The number of hydrogen-bond donors (Lipinski definition) is 2. The van der Waals surface area contributed by atoms with E-state index in [9.17, 15) is 4.79 Å². The second kappa shape index (κ2) is 8.34. The fourth-order valence-electron chi connectivity index (χ4n) is 2.92. The van der Waals surface area contributed by atoms with Gasteiger partial charge in [-0.1, -0.05) is 31.0 Å². The third kappa shape index (κ3) is 4.72. The van der Waals surface area contributed by atoms with Gasteiger partial charge in [0, 0.05) is 31.5 Å². The van der Waals surface area contributed by atoms with Gasteiger partial charge in [-0.05, 0) is 42.7 Å². The van der Waals surface area contributed by atoms with E-state index in [2.05, 4.69) is 26.6 Å². The molecule has 1 aromatic heterocycles. The number of anilines is 2. The number of urea groups is 1. The summed E-state index contributed by atoms with van der Waals surface area (Å²) in [5.74, 6) is 1.01. The average Bonchev–Trinajstić information content (AvgIpc) is 2.91. The van der Waals surface area contributed by atoms with Crippen LogP contribution in [0.4, 0.5) is 16.3 Å². The average molecular weight is 324 g/mol. The summed E-state index contributed by atoms with van der Waals surface area (Å²) in [5.41, 5.74) is 1.85. The predicted molar refractivity (Wildman–Crippen MR) is 97.2 cm³/mol.